The third-order valence-electron chi connectivity index (χ3n) is 2.76. The van der Waals surface area contributed by atoms with Gasteiger partial charge in [-0.15, -0.1) is 0 Å². The van der Waals surface area contributed by atoms with E-state index in [-0.39, 0.29) is 23.1 Å². The molecule has 0 aliphatic rings. The number of pyridine rings is 2. The number of hydrogen-bond acceptors (Lipinski definition) is 5. The molecule has 2 heterocycles. The topological polar surface area (TPSA) is 101 Å². The van der Waals surface area contributed by atoms with Crippen LogP contribution in [0.15, 0.2) is 36.7 Å². The highest BCUT2D eigenvalue weighted by molar-refractivity contribution is 6.09. The van der Waals surface area contributed by atoms with Gasteiger partial charge in [-0.1, -0.05) is 0 Å². The van der Waals surface area contributed by atoms with E-state index in [4.69, 9.17) is 5.73 Å². The Labute approximate surface area is 121 Å². The van der Waals surface area contributed by atoms with E-state index >= 15 is 0 Å². The molecule has 3 N–H and O–H groups in total. The van der Waals surface area contributed by atoms with Gasteiger partial charge in [-0.2, -0.15) is 0 Å². The fourth-order valence-electron chi connectivity index (χ4n) is 1.70. The van der Waals surface area contributed by atoms with Gasteiger partial charge in [0.15, 0.2) is 0 Å². The maximum absolute atomic E-state index is 12.2. The fourth-order valence-corrected chi connectivity index (χ4v) is 1.70. The minimum atomic E-state index is -0.466. The zero-order valence-corrected chi connectivity index (χ0v) is 11.7. The Morgan fingerprint density at radius 1 is 1.10 bits per heavy atom. The molecule has 0 aliphatic carbocycles. The minimum Gasteiger partial charge on any atom is -0.383 e. The fraction of sp³-hybridized carbons (Fsp3) is 0.143. The van der Waals surface area contributed by atoms with E-state index in [2.05, 4.69) is 15.3 Å². The second-order valence-corrected chi connectivity index (χ2v) is 4.49. The lowest BCUT2D eigenvalue weighted by Crippen LogP contribution is -2.25. The van der Waals surface area contributed by atoms with Crippen molar-refractivity contribution in [3.63, 3.8) is 0 Å². The molecule has 0 aromatic carbocycles. The summed E-state index contributed by atoms with van der Waals surface area (Å²) in [5.41, 5.74) is 6.19. The molecule has 7 heteroatoms. The number of carbonyl (C=O) groups excluding carboxylic acids is 2. The van der Waals surface area contributed by atoms with Crippen LogP contribution in [0.25, 0.3) is 0 Å². The van der Waals surface area contributed by atoms with E-state index < -0.39 is 5.91 Å². The number of aromatic nitrogens is 2. The van der Waals surface area contributed by atoms with Gasteiger partial charge in [0.25, 0.3) is 11.8 Å². The molecule has 0 aliphatic heterocycles. The van der Waals surface area contributed by atoms with E-state index in [0.29, 0.717) is 5.56 Å². The minimum absolute atomic E-state index is 0.117. The maximum atomic E-state index is 12.2. The Kier molecular flexibility index (Phi) is 4.13. The maximum Gasteiger partial charge on any atom is 0.260 e. The summed E-state index contributed by atoms with van der Waals surface area (Å²) in [7, 11) is 3.25. The number of nitrogen functional groups attached to an aromatic ring is 1. The summed E-state index contributed by atoms with van der Waals surface area (Å²) in [6.45, 7) is 0. The number of nitrogens with two attached hydrogens (primary N) is 1. The van der Waals surface area contributed by atoms with Gasteiger partial charge in [-0.25, -0.2) is 9.97 Å². The first-order valence-electron chi connectivity index (χ1n) is 6.19. The average Bonchev–Trinajstić information content (AvgIpc) is 2.47. The van der Waals surface area contributed by atoms with Crippen molar-refractivity contribution >= 4 is 23.5 Å². The quantitative estimate of drug-likeness (QED) is 0.876. The van der Waals surface area contributed by atoms with E-state index in [9.17, 15) is 9.59 Å². The van der Waals surface area contributed by atoms with Gasteiger partial charge in [0.05, 0.1) is 11.1 Å². The van der Waals surface area contributed by atoms with Crippen molar-refractivity contribution in [1.82, 2.24) is 14.9 Å². The first kappa shape index (κ1) is 14.4. The van der Waals surface area contributed by atoms with E-state index in [1.165, 1.54) is 17.3 Å². The zero-order chi connectivity index (χ0) is 15.4. The molecule has 2 rings (SSSR count). The zero-order valence-electron chi connectivity index (χ0n) is 11.7. The SMILES string of the molecule is CN(C)C(=O)c1cccnc1NC(=O)c1cccnc1N. The molecule has 21 heavy (non-hydrogen) atoms. The van der Waals surface area contributed by atoms with Crippen molar-refractivity contribution in [2.24, 2.45) is 0 Å². The summed E-state index contributed by atoms with van der Waals surface area (Å²) in [5.74, 6) is -0.416. The second kappa shape index (κ2) is 6.00. The number of nitrogens with zero attached hydrogens (tertiary/aromatic N) is 3. The van der Waals surface area contributed by atoms with Crippen LogP contribution in [0.2, 0.25) is 0 Å². The monoisotopic (exact) mass is 285 g/mol. The molecule has 0 spiro atoms. The molecule has 0 unspecified atom stereocenters. The molecule has 2 amide bonds. The van der Waals surface area contributed by atoms with Crippen molar-refractivity contribution in [2.45, 2.75) is 0 Å². The van der Waals surface area contributed by atoms with Gasteiger partial charge in [-0.3, -0.25) is 9.59 Å². The van der Waals surface area contributed by atoms with Crippen LogP contribution in [0, 0.1) is 0 Å². The van der Waals surface area contributed by atoms with Gasteiger partial charge in [0.2, 0.25) is 0 Å². The van der Waals surface area contributed by atoms with Gasteiger partial charge in [0.1, 0.15) is 11.6 Å². The number of carbonyl (C=O) groups is 2. The van der Waals surface area contributed by atoms with E-state index in [0.717, 1.165) is 0 Å². The van der Waals surface area contributed by atoms with Crippen molar-refractivity contribution in [1.29, 1.82) is 0 Å². The molecule has 0 bridgehead atoms. The lowest BCUT2D eigenvalue weighted by molar-refractivity contribution is 0.0828. The van der Waals surface area contributed by atoms with Gasteiger partial charge < -0.3 is 16.0 Å². The van der Waals surface area contributed by atoms with Crippen LogP contribution in [0.5, 0.6) is 0 Å². The van der Waals surface area contributed by atoms with Crippen LogP contribution < -0.4 is 11.1 Å². The van der Waals surface area contributed by atoms with Gasteiger partial charge >= 0.3 is 0 Å². The highest BCUT2D eigenvalue weighted by Gasteiger charge is 2.17. The highest BCUT2D eigenvalue weighted by atomic mass is 16.2. The smallest absolute Gasteiger partial charge is 0.260 e. The Morgan fingerprint density at radius 2 is 1.71 bits per heavy atom. The third-order valence-corrected chi connectivity index (χ3v) is 2.76. The molecular weight excluding hydrogens is 270 g/mol. The predicted molar refractivity (Wildman–Crippen MR) is 78.9 cm³/mol. The number of amides is 2. The Bertz CT molecular complexity index is 685. The summed E-state index contributed by atoms with van der Waals surface area (Å²) in [5, 5.41) is 2.59. The molecule has 108 valence electrons. The molecule has 0 radical (unpaired) electrons. The molecule has 2 aromatic rings. The summed E-state index contributed by atoms with van der Waals surface area (Å²) in [6.07, 6.45) is 2.99. The molecule has 7 nitrogen and oxygen atoms in total. The van der Waals surface area contributed by atoms with Crippen molar-refractivity contribution in [3.8, 4) is 0 Å². The van der Waals surface area contributed by atoms with Crippen LogP contribution in [0.1, 0.15) is 20.7 Å². The summed E-state index contributed by atoms with van der Waals surface area (Å²) in [6, 6.07) is 6.38. The summed E-state index contributed by atoms with van der Waals surface area (Å²) in [4.78, 5) is 33.5. The largest absolute Gasteiger partial charge is 0.383 e. The highest BCUT2D eigenvalue weighted by Crippen LogP contribution is 2.16. The molecule has 0 atom stereocenters. The van der Waals surface area contributed by atoms with E-state index in [1.54, 1.807) is 38.4 Å². The Morgan fingerprint density at radius 3 is 2.33 bits per heavy atom. The first-order chi connectivity index (χ1) is 10.0. The second-order valence-electron chi connectivity index (χ2n) is 4.49. The molecule has 0 saturated heterocycles. The number of anilines is 2. The van der Waals surface area contributed by atoms with Crippen LogP contribution >= 0.6 is 0 Å². The standard InChI is InChI=1S/C14H15N5O2/c1-19(2)14(21)10-6-4-8-17-12(10)18-13(20)9-5-3-7-16-11(9)15/h3-8H,1-2H3,(H2,15,16)(H,17,18,20). The Balaban J connectivity index is 2.30. The number of rotatable bonds is 3. The third kappa shape index (κ3) is 3.14. The van der Waals surface area contributed by atoms with Crippen LogP contribution in [0.4, 0.5) is 11.6 Å². The lowest BCUT2D eigenvalue weighted by atomic mass is 10.2. The van der Waals surface area contributed by atoms with E-state index in [1.807, 2.05) is 0 Å². The molecule has 0 saturated carbocycles. The van der Waals surface area contributed by atoms with Gasteiger partial charge in [-0.05, 0) is 24.3 Å². The number of nitrogens with one attached hydrogen (secondary N) is 1. The lowest BCUT2D eigenvalue weighted by Gasteiger charge is -2.14. The molecule has 2 aromatic heterocycles. The van der Waals surface area contributed by atoms with Crippen molar-refractivity contribution in [3.05, 3.63) is 47.8 Å². The van der Waals surface area contributed by atoms with Crippen molar-refractivity contribution < 1.29 is 9.59 Å². The summed E-state index contributed by atoms with van der Waals surface area (Å²) >= 11 is 0. The predicted octanol–water partition coefficient (Wildman–Crippen LogP) is 1.01. The number of hydrogen-bond donors (Lipinski definition) is 2. The van der Waals surface area contributed by atoms with Crippen LogP contribution in [-0.2, 0) is 0 Å². The van der Waals surface area contributed by atoms with Crippen LogP contribution in [-0.4, -0.2) is 40.8 Å². The molecular formula is C14H15N5O2. The summed E-state index contributed by atoms with van der Waals surface area (Å²) < 4.78 is 0. The average molecular weight is 285 g/mol. The first-order valence-corrected chi connectivity index (χ1v) is 6.19. The molecule has 0 fully saturated rings. The van der Waals surface area contributed by atoms with Crippen LogP contribution in [0.3, 0.4) is 0 Å². The van der Waals surface area contributed by atoms with Gasteiger partial charge in [0, 0.05) is 26.5 Å². The normalized spacial score (nSPS) is 10.0. The van der Waals surface area contributed by atoms with Crippen molar-refractivity contribution in [2.75, 3.05) is 25.1 Å². The Hall–Kier alpha value is -2.96.